The number of cyclic esters (lactones) is 1. The van der Waals surface area contributed by atoms with Crippen molar-refractivity contribution in [3.05, 3.63) is 83.1 Å². The molecule has 1 fully saturated rings. The Morgan fingerprint density at radius 2 is 1.37 bits per heavy atom. The van der Waals surface area contributed by atoms with E-state index in [-0.39, 0.29) is 30.0 Å². The molecule has 20 heteroatoms. The molecule has 0 unspecified atom stereocenters. The molecule has 7 amide bonds. The van der Waals surface area contributed by atoms with E-state index >= 15 is 0 Å². The van der Waals surface area contributed by atoms with Crippen LogP contribution in [0.15, 0.2) is 72.0 Å². The normalized spacial score (nSPS) is 21.0. The van der Waals surface area contributed by atoms with Gasteiger partial charge >= 0.3 is 11.9 Å². The molecule has 1 aliphatic heterocycles. The van der Waals surface area contributed by atoms with Gasteiger partial charge in [-0.25, -0.2) is 4.79 Å². The van der Waals surface area contributed by atoms with Crippen molar-refractivity contribution in [3.8, 4) is 11.5 Å². The summed E-state index contributed by atoms with van der Waals surface area (Å²) < 4.78 is 5.80. The van der Waals surface area contributed by atoms with E-state index in [9.17, 15) is 58.5 Å². The van der Waals surface area contributed by atoms with Gasteiger partial charge in [0.05, 0.1) is 0 Å². The van der Waals surface area contributed by atoms with Crippen LogP contribution >= 0.6 is 0 Å². The number of carboxylic acid groups (broad SMARTS) is 1. The van der Waals surface area contributed by atoms with Crippen molar-refractivity contribution in [1.82, 2.24) is 37.2 Å². The first-order valence-electron chi connectivity index (χ1n) is 22.0. The number of carboxylic acids is 1. The number of rotatable bonds is 17. The average Bonchev–Trinajstić information content (AvgIpc) is 3.25. The van der Waals surface area contributed by atoms with Crippen molar-refractivity contribution < 1.29 is 63.2 Å². The van der Waals surface area contributed by atoms with Gasteiger partial charge in [-0.1, -0.05) is 56.2 Å². The molecule has 0 radical (unpaired) electrons. The number of allylic oxidation sites excluding steroid dienone is 2. The van der Waals surface area contributed by atoms with E-state index in [1.165, 1.54) is 69.3 Å². The third-order valence-corrected chi connectivity index (χ3v) is 10.6. The molecule has 10 N–H and O–H groups in total. The van der Waals surface area contributed by atoms with E-state index in [0.717, 1.165) is 5.56 Å². The summed E-state index contributed by atoms with van der Waals surface area (Å²) in [6.07, 6.45) is 1.14. The Balaban J connectivity index is 2.06. The fourth-order valence-corrected chi connectivity index (χ4v) is 6.82. The van der Waals surface area contributed by atoms with Crippen LogP contribution in [0.5, 0.6) is 11.5 Å². The van der Waals surface area contributed by atoms with Crippen molar-refractivity contribution in [1.29, 1.82) is 0 Å². The number of esters is 1. The number of unbranched alkanes of at least 4 members (excludes halogenated alkanes) is 1. The van der Waals surface area contributed by atoms with Crippen molar-refractivity contribution in [2.45, 2.75) is 136 Å². The second kappa shape index (κ2) is 26.0. The molecular formula is C47H63N7O13. The average molecular weight is 934 g/mol. The molecule has 0 saturated carbocycles. The lowest BCUT2D eigenvalue weighted by molar-refractivity contribution is -0.156. The number of aliphatic carboxylic acids is 1. The highest BCUT2D eigenvalue weighted by Crippen LogP contribution is 2.17. The van der Waals surface area contributed by atoms with Crippen LogP contribution in [0.3, 0.4) is 0 Å². The molecule has 2 aromatic rings. The Morgan fingerprint density at radius 3 is 1.94 bits per heavy atom. The third-order valence-electron chi connectivity index (χ3n) is 10.6. The number of hydrogen-bond donors (Lipinski definition) is 10. The van der Waals surface area contributed by atoms with Crippen LogP contribution < -0.4 is 37.2 Å². The first-order chi connectivity index (χ1) is 31.6. The molecule has 67 heavy (non-hydrogen) atoms. The predicted molar refractivity (Wildman–Crippen MR) is 243 cm³/mol. The number of carbonyl (C=O) groups is 9. The summed E-state index contributed by atoms with van der Waals surface area (Å²) in [5.41, 5.74) is 1.67. The highest BCUT2D eigenvalue weighted by atomic mass is 16.5. The predicted octanol–water partition coefficient (Wildman–Crippen LogP) is 1.43. The van der Waals surface area contributed by atoms with Crippen molar-refractivity contribution in [3.63, 3.8) is 0 Å². The first-order valence-corrected chi connectivity index (χ1v) is 22.0. The Hall–Kier alpha value is -7.25. The molecule has 20 nitrogen and oxygen atoms in total. The van der Waals surface area contributed by atoms with Crippen LogP contribution in [-0.4, -0.2) is 111 Å². The van der Waals surface area contributed by atoms with Gasteiger partial charge in [-0.3, -0.25) is 38.4 Å². The minimum absolute atomic E-state index is 0.0344. The molecule has 0 aliphatic carbocycles. The summed E-state index contributed by atoms with van der Waals surface area (Å²) in [7, 11) is 0. The summed E-state index contributed by atoms with van der Waals surface area (Å²) >= 11 is 0. The molecule has 7 atom stereocenters. The summed E-state index contributed by atoms with van der Waals surface area (Å²) in [5, 5.41) is 46.7. The second-order valence-electron chi connectivity index (χ2n) is 16.9. The van der Waals surface area contributed by atoms with Crippen LogP contribution in [0.4, 0.5) is 0 Å². The highest BCUT2D eigenvalue weighted by molar-refractivity contribution is 6.02. The minimum atomic E-state index is -1.77. The van der Waals surface area contributed by atoms with Gasteiger partial charge in [0.2, 0.25) is 35.4 Å². The Bertz CT molecular complexity index is 2170. The van der Waals surface area contributed by atoms with E-state index in [1.807, 2.05) is 0 Å². The zero-order valence-electron chi connectivity index (χ0n) is 38.8. The molecule has 1 aliphatic rings. The maximum Gasteiger partial charge on any atom is 0.328 e. The van der Waals surface area contributed by atoms with Crippen LogP contribution in [0.25, 0.3) is 0 Å². The quantitative estimate of drug-likeness (QED) is 0.0611. The number of nitrogens with one attached hydrogen (secondary N) is 7. The van der Waals surface area contributed by atoms with Gasteiger partial charge in [0, 0.05) is 18.9 Å². The molecule has 0 aromatic heterocycles. The fraction of sp³-hybridized carbons (Fsp3) is 0.468. The van der Waals surface area contributed by atoms with Crippen molar-refractivity contribution in [2.24, 2.45) is 5.92 Å². The van der Waals surface area contributed by atoms with E-state index < -0.39 is 114 Å². The zero-order chi connectivity index (χ0) is 50.0. The van der Waals surface area contributed by atoms with Gasteiger partial charge in [-0.15, -0.1) is 0 Å². The van der Waals surface area contributed by atoms with E-state index in [4.69, 9.17) is 4.74 Å². The second-order valence-corrected chi connectivity index (χ2v) is 16.9. The van der Waals surface area contributed by atoms with Crippen LogP contribution in [0.1, 0.15) is 91.7 Å². The molecule has 3 rings (SSSR count). The Labute approximate surface area is 389 Å². The summed E-state index contributed by atoms with van der Waals surface area (Å²) in [4.78, 5) is 121. The maximum atomic E-state index is 14.4. The number of amides is 7. The molecule has 2 aromatic carbocycles. The number of phenols is 2. The number of aryl methyl sites for hydroxylation is 1. The van der Waals surface area contributed by atoms with Crippen molar-refractivity contribution in [2.75, 3.05) is 0 Å². The van der Waals surface area contributed by atoms with E-state index in [1.54, 1.807) is 39.8 Å². The Morgan fingerprint density at radius 1 is 0.761 bits per heavy atom. The lowest BCUT2D eigenvalue weighted by atomic mass is 10.00. The number of benzene rings is 2. The Kier molecular flexibility index (Phi) is 21.0. The molecule has 0 bridgehead atoms. The monoisotopic (exact) mass is 933 g/mol. The van der Waals surface area contributed by atoms with E-state index in [2.05, 4.69) is 37.2 Å². The number of carbonyl (C=O) groups excluding carboxylic acids is 8. The van der Waals surface area contributed by atoms with Gasteiger partial charge in [0.15, 0.2) is 0 Å². The summed E-state index contributed by atoms with van der Waals surface area (Å²) in [6.45, 7) is 10.8. The number of hydrogen-bond acceptors (Lipinski definition) is 12. The number of phenolic OH excluding ortho intramolecular Hbond substituents is 2. The topological polar surface area (TPSA) is 308 Å². The summed E-state index contributed by atoms with van der Waals surface area (Å²) in [6, 6.07) is 3.57. The third kappa shape index (κ3) is 17.9. The lowest BCUT2D eigenvalue weighted by Crippen LogP contribution is -2.62. The molecule has 1 saturated heterocycles. The smallest absolute Gasteiger partial charge is 0.328 e. The minimum Gasteiger partial charge on any atom is -0.508 e. The SMILES string of the molecule is CC=C1NC(=O)[C@H](C)NC(=O)[C@@H](NC(=O)[C@@H](Cc2ccc(O)cc2)NC(=O)[C@@H](NC(=O)C=C(C)C)C(C)C)[C@@H](C)OC(=O)[C@H](CCCCc2ccc(O)cc2)NC(=O)[C@@H](CCC(=O)O)NC1=O. The molecule has 1 heterocycles. The van der Waals surface area contributed by atoms with E-state index in [0.29, 0.717) is 30.4 Å². The van der Waals surface area contributed by atoms with Gasteiger partial charge in [0.1, 0.15) is 59.6 Å². The highest BCUT2D eigenvalue weighted by Gasteiger charge is 2.38. The maximum absolute atomic E-state index is 14.4. The van der Waals surface area contributed by atoms with Gasteiger partial charge in [-0.05, 0) is 102 Å². The molecule has 0 spiro atoms. The number of ether oxygens (including phenoxy) is 1. The number of aromatic hydroxyl groups is 2. The summed E-state index contributed by atoms with van der Waals surface area (Å²) in [5.74, 6) is -8.89. The lowest BCUT2D eigenvalue weighted by Gasteiger charge is -2.30. The molecule has 364 valence electrons. The standard InChI is InChI=1S/C47H63N7O13/c1-8-33-42(61)50-34(21-22-38(58)59)43(62)51-35(12-10-9-11-29-13-17-31(55)18-14-29)47(66)67-28(7)40(46(65)48-27(6)41(60)49-33)54-44(63)36(24-30-15-19-32(56)20-16-30)52-45(64)39(26(4)5)53-37(57)23-25(2)3/h8,13-20,23,26-28,34-36,39-40,55-56H,9-12,21-22,24H2,1-7H3,(H,48,65)(H,49,60)(H,50,61)(H,51,62)(H,52,64)(H,53,57)(H,54,63)(H,58,59)/t27-,28+,34+,35-,36+,39-,40-/m0/s1. The molecular weight excluding hydrogens is 871 g/mol. The zero-order valence-corrected chi connectivity index (χ0v) is 38.8. The van der Waals surface area contributed by atoms with Crippen molar-refractivity contribution >= 4 is 53.3 Å². The first kappa shape index (κ1) is 54.1. The van der Waals surface area contributed by atoms with Gasteiger partial charge in [-0.2, -0.15) is 0 Å². The van der Waals surface area contributed by atoms with Gasteiger partial charge < -0.3 is 57.3 Å². The van der Waals surface area contributed by atoms with Crippen LogP contribution in [0, 0.1) is 5.92 Å². The van der Waals surface area contributed by atoms with Crippen LogP contribution in [0.2, 0.25) is 0 Å². The fourth-order valence-electron chi connectivity index (χ4n) is 6.82. The largest absolute Gasteiger partial charge is 0.508 e. The van der Waals surface area contributed by atoms with Gasteiger partial charge in [0.25, 0.3) is 5.91 Å². The van der Waals surface area contributed by atoms with Crippen LogP contribution in [-0.2, 0) is 60.7 Å².